The molecule has 0 aliphatic carbocycles. The first-order chi connectivity index (χ1) is 14.2. The summed E-state index contributed by atoms with van der Waals surface area (Å²) in [6.45, 7) is 4.70. The second-order valence-corrected chi connectivity index (χ2v) is 7.14. The van der Waals surface area contributed by atoms with Crippen LogP contribution in [0.4, 0.5) is 11.4 Å². The van der Waals surface area contributed by atoms with Crippen molar-refractivity contribution in [2.45, 2.75) is 6.42 Å². The standard InChI is InChI=1S/C21H25N7O/c1-26-24-21(23-25-26)17-7-9-18(10-8-17)22-20(29)11-12-27-13-15-28(16-14-27)19-5-3-2-4-6-19/h2-10H,11-16H2,1H3,(H,22,29). The zero-order valence-corrected chi connectivity index (χ0v) is 16.5. The predicted molar refractivity (Wildman–Crippen MR) is 113 cm³/mol. The topological polar surface area (TPSA) is 79.2 Å². The maximum Gasteiger partial charge on any atom is 0.225 e. The molecule has 8 heteroatoms. The Balaban J connectivity index is 1.21. The fourth-order valence-corrected chi connectivity index (χ4v) is 3.45. The zero-order valence-electron chi connectivity index (χ0n) is 16.5. The zero-order chi connectivity index (χ0) is 20.1. The number of aromatic nitrogens is 4. The largest absolute Gasteiger partial charge is 0.369 e. The van der Waals surface area contributed by atoms with Crippen molar-refractivity contribution >= 4 is 17.3 Å². The van der Waals surface area contributed by atoms with E-state index in [1.165, 1.54) is 10.5 Å². The number of para-hydroxylation sites is 1. The summed E-state index contributed by atoms with van der Waals surface area (Å²) in [7, 11) is 1.73. The summed E-state index contributed by atoms with van der Waals surface area (Å²) >= 11 is 0. The molecule has 0 spiro atoms. The second kappa shape index (κ2) is 8.83. The quantitative estimate of drug-likeness (QED) is 0.693. The lowest BCUT2D eigenvalue weighted by molar-refractivity contribution is -0.116. The number of rotatable bonds is 6. The van der Waals surface area contributed by atoms with Crippen molar-refractivity contribution in [2.24, 2.45) is 7.05 Å². The molecule has 8 nitrogen and oxygen atoms in total. The Kier molecular flexibility index (Phi) is 5.81. The minimum atomic E-state index is 0.0286. The molecular formula is C21H25N7O. The Morgan fingerprint density at radius 1 is 1.00 bits per heavy atom. The van der Waals surface area contributed by atoms with E-state index in [-0.39, 0.29) is 5.91 Å². The number of hydrogen-bond donors (Lipinski definition) is 1. The third-order valence-electron chi connectivity index (χ3n) is 5.08. The molecule has 0 saturated carbocycles. The van der Waals surface area contributed by atoms with E-state index >= 15 is 0 Å². The SMILES string of the molecule is Cn1nnc(-c2ccc(NC(=O)CCN3CCN(c4ccccc4)CC3)cc2)n1. The van der Waals surface area contributed by atoms with Gasteiger partial charge in [-0.1, -0.05) is 18.2 Å². The van der Waals surface area contributed by atoms with Crippen molar-refractivity contribution in [2.75, 3.05) is 42.9 Å². The number of piperazine rings is 1. The molecule has 29 heavy (non-hydrogen) atoms. The lowest BCUT2D eigenvalue weighted by Gasteiger charge is -2.36. The minimum absolute atomic E-state index is 0.0286. The third-order valence-corrected chi connectivity index (χ3v) is 5.08. The molecule has 2 heterocycles. The van der Waals surface area contributed by atoms with Crippen LogP contribution in [0.2, 0.25) is 0 Å². The smallest absolute Gasteiger partial charge is 0.225 e. The molecular weight excluding hydrogens is 366 g/mol. The molecule has 4 rings (SSSR count). The Morgan fingerprint density at radius 3 is 2.38 bits per heavy atom. The fourth-order valence-electron chi connectivity index (χ4n) is 3.45. The number of nitrogens with one attached hydrogen (secondary N) is 1. The van der Waals surface area contributed by atoms with E-state index in [0.29, 0.717) is 12.2 Å². The molecule has 1 aliphatic heterocycles. The average molecular weight is 391 g/mol. The van der Waals surface area contributed by atoms with E-state index in [2.05, 4.69) is 54.8 Å². The first-order valence-electron chi connectivity index (χ1n) is 9.84. The van der Waals surface area contributed by atoms with Gasteiger partial charge in [0.15, 0.2) is 0 Å². The molecule has 2 aromatic carbocycles. The lowest BCUT2D eigenvalue weighted by Crippen LogP contribution is -2.47. The Labute approximate surface area is 170 Å². The van der Waals surface area contributed by atoms with Crippen LogP contribution in [0, 0.1) is 0 Å². The Hall–Kier alpha value is -3.26. The third kappa shape index (κ3) is 4.97. The van der Waals surface area contributed by atoms with Crippen LogP contribution in [-0.2, 0) is 11.8 Å². The van der Waals surface area contributed by atoms with Gasteiger partial charge in [0.1, 0.15) is 0 Å². The number of nitrogens with zero attached hydrogens (tertiary/aromatic N) is 6. The maximum atomic E-state index is 12.3. The summed E-state index contributed by atoms with van der Waals surface area (Å²) in [5.74, 6) is 0.598. The van der Waals surface area contributed by atoms with E-state index in [4.69, 9.17) is 0 Å². The summed E-state index contributed by atoms with van der Waals surface area (Å²) in [6.07, 6.45) is 0.485. The normalized spacial score (nSPS) is 14.7. The van der Waals surface area contributed by atoms with Gasteiger partial charge in [-0.3, -0.25) is 9.69 Å². The summed E-state index contributed by atoms with van der Waals surface area (Å²) in [5.41, 5.74) is 2.91. The molecule has 0 unspecified atom stereocenters. The number of aryl methyl sites for hydroxylation is 1. The van der Waals surface area contributed by atoms with Crippen LogP contribution in [0.25, 0.3) is 11.4 Å². The number of carbonyl (C=O) groups is 1. The molecule has 1 aromatic heterocycles. The van der Waals surface area contributed by atoms with Crippen molar-refractivity contribution in [3.05, 3.63) is 54.6 Å². The molecule has 1 amide bonds. The number of carbonyl (C=O) groups excluding carboxylic acids is 1. The van der Waals surface area contributed by atoms with Gasteiger partial charge in [-0.2, -0.15) is 4.80 Å². The van der Waals surface area contributed by atoms with Crippen molar-refractivity contribution in [3.8, 4) is 11.4 Å². The van der Waals surface area contributed by atoms with Gasteiger partial charge in [0.05, 0.1) is 7.05 Å². The van der Waals surface area contributed by atoms with Crippen LogP contribution < -0.4 is 10.2 Å². The van der Waals surface area contributed by atoms with Crippen molar-refractivity contribution in [3.63, 3.8) is 0 Å². The number of hydrogen-bond acceptors (Lipinski definition) is 6. The van der Waals surface area contributed by atoms with E-state index in [1.807, 2.05) is 30.3 Å². The number of tetrazole rings is 1. The predicted octanol–water partition coefficient (Wildman–Crippen LogP) is 2.03. The summed E-state index contributed by atoms with van der Waals surface area (Å²) in [4.78, 5) is 18.5. The van der Waals surface area contributed by atoms with Crippen LogP contribution >= 0.6 is 0 Å². The minimum Gasteiger partial charge on any atom is -0.369 e. The molecule has 150 valence electrons. The van der Waals surface area contributed by atoms with Gasteiger partial charge in [0, 0.05) is 56.1 Å². The van der Waals surface area contributed by atoms with E-state index in [9.17, 15) is 4.79 Å². The number of amides is 1. The molecule has 1 N–H and O–H groups in total. The highest BCUT2D eigenvalue weighted by atomic mass is 16.1. The first-order valence-corrected chi connectivity index (χ1v) is 9.84. The van der Waals surface area contributed by atoms with Crippen LogP contribution in [0.3, 0.4) is 0 Å². The summed E-state index contributed by atoms with van der Waals surface area (Å²) in [6, 6.07) is 18.0. The van der Waals surface area contributed by atoms with Crippen molar-refractivity contribution < 1.29 is 4.79 Å². The van der Waals surface area contributed by atoms with Gasteiger partial charge in [-0.15, -0.1) is 10.2 Å². The van der Waals surface area contributed by atoms with Gasteiger partial charge >= 0.3 is 0 Å². The molecule has 3 aromatic rings. The van der Waals surface area contributed by atoms with Crippen LogP contribution in [0.1, 0.15) is 6.42 Å². The highest BCUT2D eigenvalue weighted by Crippen LogP contribution is 2.18. The molecule has 1 saturated heterocycles. The second-order valence-electron chi connectivity index (χ2n) is 7.14. The number of benzene rings is 2. The average Bonchev–Trinajstić information content (AvgIpc) is 3.20. The summed E-state index contributed by atoms with van der Waals surface area (Å²) in [5, 5.41) is 15.0. The Bertz CT molecular complexity index is 931. The van der Waals surface area contributed by atoms with Crippen LogP contribution in [0.5, 0.6) is 0 Å². The number of anilines is 2. The van der Waals surface area contributed by atoms with Crippen LogP contribution in [0.15, 0.2) is 54.6 Å². The van der Waals surface area contributed by atoms with Gasteiger partial charge in [0.25, 0.3) is 0 Å². The van der Waals surface area contributed by atoms with E-state index in [0.717, 1.165) is 44.0 Å². The Morgan fingerprint density at radius 2 is 1.72 bits per heavy atom. The molecule has 0 atom stereocenters. The molecule has 0 bridgehead atoms. The van der Waals surface area contributed by atoms with Crippen molar-refractivity contribution in [1.82, 2.24) is 25.1 Å². The van der Waals surface area contributed by atoms with Gasteiger partial charge < -0.3 is 10.2 Å². The first kappa shape index (κ1) is 19.1. The highest BCUT2D eigenvalue weighted by Gasteiger charge is 2.17. The van der Waals surface area contributed by atoms with Gasteiger partial charge in [0.2, 0.25) is 11.7 Å². The summed E-state index contributed by atoms with van der Waals surface area (Å²) < 4.78 is 0. The molecule has 1 fully saturated rings. The van der Waals surface area contributed by atoms with Gasteiger partial charge in [-0.05, 0) is 41.6 Å². The van der Waals surface area contributed by atoms with E-state index in [1.54, 1.807) is 7.05 Å². The maximum absolute atomic E-state index is 12.3. The highest BCUT2D eigenvalue weighted by molar-refractivity contribution is 5.91. The van der Waals surface area contributed by atoms with Crippen molar-refractivity contribution in [1.29, 1.82) is 0 Å². The monoisotopic (exact) mass is 391 g/mol. The molecule has 1 aliphatic rings. The van der Waals surface area contributed by atoms with Gasteiger partial charge in [-0.25, -0.2) is 0 Å². The molecule has 0 radical (unpaired) electrons. The van der Waals surface area contributed by atoms with E-state index < -0.39 is 0 Å². The lowest BCUT2D eigenvalue weighted by atomic mass is 10.2. The fraction of sp³-hybridized carbons (Fsp3) is 0.333. The van der Waals surface area contributed by atoms with Crippen LogP contribution in [-0.4, -0.2) is 63.7 Å².